The lowest BCUT2D eigenvalue weighted by atomic mass is 9.97. The van der Waals surface area contributed by atoms with Gasteiger partial charge in [0.15, 0.2) is 0 Å². The van der Waals surface area contributed by atoms with Crippen LogP contribution >= 0.6 is 11.3 Å². The highest BCUT2D eigenvalue weighted by Crippen LogP contribution is 2.24. The summed E-state index contributed by atoms with van der Waals surface area (Å²) in [6.45, 7) is 3.75. The molecule has 0 bridgehead atoms. The van der Waals surface area contributed by atoms with Crippen molar-refractivity contribution >= 4 is 17.2 Å². The van der Waals surface area contributed by atoms with Crippen LogP contribution in [0.3, 0.4) is 0 Å². The van der Waals surface area contributed by atoms with E-state index < -0.39 is 0 Å². The van der Waals surface area contributed by atoms with E-state index in [-0.39, 0.29) is 5.91 Å². The zero-order valence-corrected chi connectivity index (χ0v) is 12.7. The van der Waals surface area contributed by atoms with E-state index in [1.807, 2.05) is 18.4 Å². The lowest BCUT2D eigenvalue weighted by Gasteiger charge is -2.35. The Kier molecular flexibility index (Phi) is 5.40. The van der Waals surface area contributed by atoms with Crippen LogP contribution in [-0.2, 0) is 4.74 Å². The molecule has 1 fully saturated rings. The van der Waals surface area contributed by atoms with Gasteiger partial charge in [0.25, 0.3) is 5.91 Å². The first-order valence-electron chi connectivity index (χ1n) is 7.07. The molecule has 0 unspecified atom stereocenters. The van der Waals surface area contributed by atoms with Crippen molar-refractivity contribution in [1.29, 1.82) is 0 Å². The second-order valence-electron chi connectivity index (χ2n) is 5.23. The van der Waals surface area contributed by atoms with Crippen molar-refractivity contribution < 1.29 is 9.53 Å². The fourth-order valence-corrected chi connectivity index (χ4v) is 3.43. The van der Waals surface area contributed by atoms with E-state index in [2.05, 4.69) is 4.90 Å². The molecule has 1 aliphatic heterocycles. The Bertz CT molecular complexity index is 416. The third kappa shape index (κ3) is 3.80. The summed E-state index contributed by atoms with van der Waals surface area (Å²) in [4.78, 5) is 15.8. The van der Waals surface area contributed by atoms with Gasteiger partial charge < -0.3 is 9.64 Å². The first-order valence-corrected chi connectivity index (χ1v) is 7.95. The number of nitrogens with zero attached hydrogens (tertiary/aromatic N) is 1. The number of carbonyl (C=O) groups is 1. The molecule has 0 radical (unpaired) electrons. The molecule has 4 heteroatoms. The molecular weight excluding hydrogens is 258 g/mol. The van der Waals surface area contributed by atoms with Crippen LogP contribution in [-0.4, -0.2) is 37.1 Å². The molecule has 0 spiro atoms. The van der Waals surface area contributed by atoms with E-state index in [0.29, 0.717) is 6.04 Å². The van der Waals surface area contributed by atoms with Gasteiger partial charge >= 0.3 is 0 Å². The van der Waals surface area contributed by atoms with Gasteiger partial charge in [0.1, 0.15) is 0 Å². The minimum atomic E-state index is 0.214. The van der Waals surface area contributed by atoms with Crippen LogP contribution in [0.4, 0.5) is 0 Å². The molecule has 3 nitrogen and oxygen atoms in total. The van der Waals surface area contributed by atoms with Crippen molar-refractivity contribution in [2.24, 2.45) is 0 Å². The monoisotopic (exact) mass is 281 g/mol. The molecule has 1 aliphatic rings. The number of carbonyl (C=O) groups excluding carboxylic acids is 1. The Hall–Kier alpha value is -0.870. The van der Waals surface area contributed by atoms with Gasteiger partial charge in [-0.3, -0.25) is 4.79 Å². The second-order valence-corrected chi connectivity index (χ2v) is 6.34. The van der Waals surface area contributed by atoms with Crippen molar-refractivity contribution in [1.82, 2.24) is 4.90 Å². The zero-order chi connectivity index (χ0) is 13.7. The topological polar surface area (TPSA) is 29.5 Å². The van der Waals surface area contributed by atoms with Gasteiger partial charge in [-0.25, -0.2) is 0 Å². The van der Waals surface area contributed by atoms with Gasteiger partial charge in [0, 0.05) is 36.6 Å². The summed E-state index contributed by atoms with van der Waals surface area (Å²) in [5.41, 5.74) is 0.862. The van der Waals surface area contributed by atoms with Gasteiger partial charge in [-0.05, 0) is 45.1 Å². The standard InChI is InChI=1S/C15H23NO2S/c1-12-10-13(11-19-12)15(17)16-8-4-3-6-14(16)7-5-9-18-2/h10-11,14H,3-9H2,1-2H3/t14-/m1/s1. The summed E-state index contributed by atoms with van der Waals surface area (Å²) in [5, 5.41) is 1.98. The summed E-state index contributed by atoms with van der Waals surface area (Å²) in [7, 11) is 1.73. The number of amides is 1. The maximum atomic E-state index is 12.6. The molecule has 0 aromatic carbocycles. The average molecular weight is 281 g/mol. The summed E-state index contributed by atoms with van der Waals surface area (Å²) < 4.78 is 5.11. The number of rotatable bonds is 5. The third-order valence-electron chi connectivity index (χ3n) is 3.75. The van der Waals surface area contributed by atoms with E-state index in [1.54, 1.807) is 18.4 Å². The van der Waals surface area contributed by atoms with E-state index in [9.17, 15) is 4.79 Å². The Morgan fingerprint density at radius 2 is 2.37 bits per heavy atom. The summed E-state index contributed by atoms with van der Waals surface area (Å²) >= 11 is 1.65. The Balaban J connectivity index is 2.00. The molecule has 1 aromatic rings. The van der Waals surface area contributed by atoms with Crippen LogP contribution in [0.15, 0.2) is 11.4 Å². The molecule has 1 aromatic heterocycles. The number of hydrogen-bond acceptors (Lipinski definition) is 3. The molecular formula is C15H23NO2S. The Morgan fingerprint density at radius 3 is 3.05 bits per heavy atom. The Labute approximate surface area is 119 Å². The maximum Gasteiger partial charge on any atom is 0.254 e. The first-order chi connectivity index (χ1) is 9.22. The number of piperidine rings is 1. The summed E-state index contributed by atoms with van der Waals surface area (Å²) in [5.74, 6) is 0.214. The number of likely N-dealkylation sites (tertiary alicyclic amines) is 1. The highest BCUT2D eigenvalue weighted by molar-refractivity contribution is 7.10. The lowest BCUT2D eigenvalue weighted by Crippen LogP contribution is -2.43. The van der Waals surface area contributed by atoms with Crippen LogP contribution in [0.5, 0.6) is 0 Å². The van der Waals surface area contributed by atoms with Crippen molar-refractivity contribution in [2.75, 3.05) is 20.3 Å². The van der Waals surface area contributed by atoms with Crippen molar-refractivity contribution in [3.63, 3.8) is 0 Å². The van der Waals surface area contributed by atoms with Crippen LogP contribution in [0.25, 0.3) is 0 Å². The van der Waals surface area contributed by atoms with Crippen LogP contribution < -0.4 is 0 Å². The van der Waals surface area contributed by atoms with E-state index >= 15 is 0 Å². The molecule has 2 heterocycles. The largest absolute Gasteiger partial charge is 0.385 e. The molecule has 106 valence electrons. The summed E-state index contributed by atoms with van der Waals surface area (Å²) in [6.07, 6.45) is 5.61. The van der Waals surface area contributed by atoms with Gasteiger partial charge in [0.05, 0.1) is 5.56 Å². The predicted octanol–water partition coefficient (Wildman–Crippen LogP) is 3.48. The first kappa shape index (κ1) is 14.5. The third-order valence-corrected chi connectivity index (χ3v) is 4.61. The number of aryl methyl sites for hydroxylation is 1. The predicted molar refractivity (Wildman–Crippen MR) is 78.8 cm³/mol. The molecule has 1 amide bonds. The van der Waals surface area contributed by atoms with Gasteiger partial charge in [-0.2, -0.15) is 0 Å². The quantitative estimate of drug-likeness (QED) is 0.773. The normalized spacial score (nSPS) is 19.7. The average Bonchev–Trinajstić information content (AvgIpc) is 2.85. The molecule has 0 saturated carbocycles. The van der Waals surface area contributed by atoms with Crippen molar-refractivity contribution in [3.05, 3.63) is 21.9 Å². The molecule has 0 aliphatic carbocycles. The van der Waals surface area contributed by atoms with Gasteiger partial charge in [-0.1, -0.05) is 0 Å². The highest BCUT2D eigenvalue weighted by atomic mass is 32.1. The second kappa shape index (κ2) is 7.06. The van der Waals surface area contributed by atoms with Crippen molar-refractivity contribution in [2.45, 2.75) is 45.1 Å². The van der Waals surface area contributed by atoms with Crippen molar-refractivity contribution in [3.8, 4) is 0 Å². The van der Waals surface area contributed by atoms with Crippen LogP contribution in [0, 0.1) is 6.92 Å². The van der Waals surface area contributed by atoms with E-state index in [0.717, 1.165) is 44.4 Å². The number of methoxy groups -OCH3 is 1. The minimum absolute atomic E-state index is 0.214. The molecule has 19 heavy (non-hydrogen) atoms. The summed E-state index contributed by atoms with van der Waals surface area (Å²) in [6, 6.07) is 2.41. The fraction of sp³-hybridized carbons (Fsp3) is 0.667. The fourth-order valence-electron chi connectivity index (χ4n) is 2.75. The van der Waals surface area contributed by atoms with E-state index in [1.165, 1.54) is 11.3 Å². The minimum Gasteiger partial charge on any atom is -0.385 e. The van der Waals surface area contributed by atoms with Gasteiger partial charge in [-0.15, -0.1) is 11.3 Å². The number of hydrogen-bond donors (Lipinski definition) is 0. The molecule has 1 atom stereocenters. The van der Waals surface area contributed by atoms with Crippen LogP contribution in [0.2, 0.25) is 0 Å². The SMILES string of the molecule is COCCC[C@H]1CCCCN1C(=O)c1csc(C)c1. The molecule has 1 saturated heterocycles. The lowest BCUT2D eigenvalue weighted by molar-refractivity contribution is 0.0585. The smallest absolute Gasteiger partial charge is 0.254 e. The Morgan fingerprint density at radius 1 is 1.53 bits per heavy atom. The number of ether oxygens (including phenoxy) is 1. The maximum absolute atomic E-state index is 12.6. The van der Waals surface area contributed by atoms with Gasteiger partial charge in [0.2, 0.25) is 0 Å². The molecule has 2 rings (SSSR count). The van der Waals surface area contributed by atoms with E-state index in [4.69, 9.17) is 4.74 Å². The zero-order valence-electron chi connectivity index (χ0n) is 11.9. The molecule has 0 N–H and O–H groups in total. The highest BCUT2D eigenvalue weighted by Gasteiger charge is 2.27. The number of thiophene rings is 1. The van der Waals surface area contributed by atoms with Crippen LogP contribution in [0.1, 0.15) is 47.3 Å².